The summed E-state index contributed by atoms with van der Waals surface area (Å²) in [7, 11) is 1.84. The number of nitrogens with zero attached hydrogens (tertiary/aromatic N) is 2. The third-order valence-electron chi connectivity index (χ3n) is 3.31. The molecule has 2 aromatic rings. The lowest BCUT2D eigenvalue weighted by Gasteiger charge is -2.17. The van der Waals surface area contributed by atoms with Gasteiger partial charge in [-0.25, -0.2) is 4.39 Å². The van der Waals surface area contributed by atoms with Crippen molar-refractivity contribution >= 4 is 15.9 Å². The van der Waals surface area contributed by atoms with Gasteiger partial charge in [-0.1, -0.05) is 12.1 Å². The van der Waals surface area contributed by atoms with Crippen LogP contribution in [-0.2, 0) is 6.42 Å². The second kappa shape index (κ2) is 6.50. The summed E-state index contributed by atoms with van der Waals surface area (Å²) >= 11 is 3.23. The van der Waals surface area contributed by atoms with Gasteiger partial charge in [0.1, 0.15) is 5.82 Å². The van der Waals surface area contributed by atoms with Gasteiger partial charge in [-0.05, 0) is 49.0 Å². The maximum Gasteiger partial charge on any atom is 0.142 e. The highest BCUT2D eigenvalue weighted by molar-refractivity contribution is 9.10. The fraction of sp³-hybridized carbons (Fsp3) is 0.400. The molecule has 0 radical (unpaired) electrons. The van der Waals surface area contributed by atoms with E-state index in [0.29, 0.717) is 22.5 Å². The molecule has 1 unspecified atom stereocenters. The normalized spacial score (nSPS) is 12.9. The van der Waals surface area contributed by atoms with Crippen molar-refractivity contribution in [2.75, 3.05) is 7.05 Å². The molecule has 20 heavy (non-hydrogen) atoms. The molecule has 0 aliphatic heterocycles. The van der Waals surface area contributed by atoms with Gasteiger partial charge in [-0.3, -0.25) is 4.68 Å². The maximum absolute atomic E-state index is 14.2. The molecular formula is C15H19BrFN3. The number of halogens is 2. The first kappa shape index (κ1) is 15.2. The summed E-state index contributed by atoms with van der Waals surface area (Å²) in [5.74, 6) is -0.213. The topological polar surface area (TPSA) is 29.9 Å². The molecule has 1 aromatic carbocycles. The maximum atomic E-state index is 14.2. The summed E-state index contributed by atoms with van der Waals surface area (Å²) in [5.41, 5.74) is 1.61. The Morgan fingerprint density at radius 3 is 2.70 bits per heavy atom. The van der Waals surface area contributed by atoms with E-state index in [0.717, 1.165) is 5.69 Å². The lowest BCUT2D eigenvalue weighted by Crippen LogP contribution is -2.20. The van der Waals surface area contributed by atoms with Crippen LogP contribution in [0.1, 0.15) is 37.2 Å². The number of nitrogens with one attached hydrogen (secondary N) is 1. The van der Waals surface area contributed by atoms with Crippen molar-refractivity contribution in [2.45, 2.75) is 32.4 Å². The lowest BCUT2D eigenvalue weighted by atomic mass is 10.0. The molecule has 0 aliphatic carbocycles. The third kappa shape index (κ3) is 3.27. The number of hydrogen-bond acceptors (Lipinski definition) is 2. The molecule has 2 rings (SSSR count). The van der Waals surface area contributed by atoms with Crippen LogP contribution < -0.4 is 5.32 Å². The molecule has 1 N–H and O–H groups in total. The number of likely N-dealkylation sites (N-methyl/N-ethyl adjacent to an activating group) is 1. The van der Waals surface area contributed by atoms with Crippen molar-refractivity contribution in [1.82, 2.24) is 15.1 Å². The minimum atomic E-state index is -0.213. The van der Waals surface area contributed by atoms with Crippen LogP contribution in [0, 0.1) is 5.82 Å². The first-order valence-electron chi connectivity index (χ1n) is 6.68. The van der Waals surface area contributed by atoms with Crippen LogP contribution in [0.25, 0.3) is 0 Å². The van der Waals surface area contributed by atoms with Gasteiger partial charge in [-0.2, -0.15) is 5.10 Å². The molecule has 1 aromatic heterocycles. The Kier molecular flexibility index (Phi) is 4.94. The van der Waals surface area contributed by atoms with Crippen molar-refractivity contribution in [3.8, 4) is 0 Å². The number of hydrogen-bond donors (Lipinski definition) is 1. The Morgan fingerprint density at radius 1 is 1.35 bits per heavy atom. The molecule has 108 valence electrons. The third-order valence-corrected chi connectivity index (χ3v) is 3.92. The summed E-state index contributed by atoms with van der Waals surface area (Å²) in [6.45, 7) is 4.17. The van der Waals surface area contributed by atoms with Crippen LogP contribution in [0.15, 0.2) is 34.9 Å². The standard InChI is InChI=1S/C15H19BrFN3/c1-10(2)20-8-7-11(19-20)9-14(18-3)12-5-4-6-13(16)15(12)17/h4-8,10,14,18H,9H2,1-3H3. The summed E-state index contributed by atoms with van der Waals surface area (Å²) < 4.78 is 16.6. The Hall–Kier alpha value is -1.20. The van der Waals surface area contributed by atoms with Gasteiger partial charge in [-0.15, -0.1) is 0 Å². The minimum absolute atomic E-state index is 0.0944. The predicted octanol–water partition coefficient (Wildman–Crippen LogP) is 3.87. The average molecular weight is 340 g/mol. The number of aromatic nitrogens is 2. The molecule has 0 bridgehead atoms. The van der Waals surface area contributed by atoms with E-state index in [2.05, 4.69) is 40.2 Å². The predicted molar refractivity (Wildman–Crippen MR) is 82.2 cm³/mol. The second-order valence-electron chi connectivity index (χ2n) is 5.07. The molecule has 0 aliphatic rings. The van der Waals surface area contributed by atoms with E-state index in [-0.39, 0.29) is 11.9 Å². The first-order valence-corrected chi connectivity index (χ1v) is 7.47. The summed E-state index contributed by atoms with van der Waals surface area (Å²) in [5, 5.41) is 7.68. The van der Waals surface area contributed by atoms with Gasteiger partial charge in [0, 0.05) is 30.3 Å². The molecule has 1 atom stereocenters. The van der Waals surface area contributed by atoms with Crippen LogP contribution in [0.2, 0.25) is 0 Å². The van der Waals surface area contributed by atoms with E-state index < -0.39 is 0 Å². The number of rotatable bonds is 5. The Morgan fingerprint density at radius 2 is 2.10 bits per heavy atom. The van der Waals surface area contributed by atoms with Crippen LogP contribution >= 0.6 is 15.9 Å². The summed E-state index contributed by atoms with van der Waals surface area (Å²) in [6, 6.07) is 7.59. The van der Waals surface area contributed by atoms with Gasteiger partial charge in [0.2, 0.25) is 0 Å². The van der Waals surface area contributed by atoms with Crippen LogP contribution in [0.3, 0.4) is 0 Å². The van der Waals surface area contributed by atoms with E-state index in [4.69, 9.17) is 0 Å². The average Bonchev–Trinajstić information content (AvgIpc) is 2.88. The van der Waals surface area contributed by atoms with Crippen molar-refractivity contribution in [3.05, 3.63) is 52.0 Å². The summed E-state index contributed by atoms with van der Waals surface area (Å²) in [6.07, 6.45) is 2.62. The second-order valence-corrected chi connectivity index (χ2v) is 5.92. The molecular weight excluding hydrogens is 321 g/mol. The highest BCUT2D eigenvalue weighted by Gasteiger charge is 2.17. The molecule has 0 amide bonds. The van der Waals surface area contributed by atoms with Crippen LogP contribution in [0.5, 0.6) is 0 Å². The number of benzene rings is 1. The molecule has 5 heteroatoms. The van der Waals surface area contributed by atoms with E-state index in [1.165, 1.54) is 0 Å². The van der Waals surface area contributed by atoms with Crippen molar-refractivity contribution in [3.63, 3.8) is 0 Å². The highest BCUT2D eigenvalue weighted by Crippen LogP contribution is 2.25. The molecule has 3 nitrogen and oxygen atoms in total. The molecule has 0 fully saturated rings. The van der Waals surface area contributed by atoms with E-state index >= 15 is 0 Å². The fourth-order valence-electron chi connectivity index (χ4n) is 2.14. The largest absolute Gasteiger partial charge is 0.313 e. The van der Waals surface area contributed by atoms with Crippen molar-refractivity contribution in [1.29, 1.82) is 0 Å². The highest BCUT2D eigenvalue weighted by atomic mass is 79.9. The minimum Gasteiger partial charge on any atom is -0.313 e. The molecule has 1 heterocycles. The quantitative estimate of drug-likeness (QED) is 0.896. The Labute approximate surface area is 127 Å². The first-order chi connectivity index (χ1) is 9.52. The Balaban J connectivity index is 2.22. The van der Waals surface area contributed by atoms with Gasteiger partial charge in [0.25, 0.3) is 0 Å². The van der Waals surface area contributed by atoms with E-state index in [9.17, 15) is 4.39 Å². The smallest absolute Gasteiger partial charge is 0.142 e. The zero-order valence-corrected chi connectivity index (χ0v) is 13.5. The van der Waals surface area contributed by atoms with Crippen LogP contribution in [-0.4, -0.2) is 16.8 Å². The zero-order chi connectivity index (χ0) is 14.7. The van der Waals surface area contributed by atoms with Gasteiger partial charge in [0.05, 0.1) is 10.2 Å². The molecule has 0 saturated carbocycles. The molecule has 0 saturated heterocycles. The van der Waals surface area contributed by atoms with Gasteiger partial charge < -0.3 is 5.32 Å². The molecule has 0 spiro atoms. The zero-order valence-electron chi connectivity index (χ0n) is 11.9. The van der Waals surface area contributed by atoms with Crippen molar-refractivity contribution in [2.24, 2.45) is 0 Å². The van der Waals surface area contributed by atoms with Gasteiger partial charge in [0.15, 0.2) is 0 Å². The monoisotopic (exact) mass is 339 g/mol. The van der Waals surface area contributed by atoms with Crippen LogP contribution in [0.4, 0.5) is 4.39 Å². The SMILES string of the molecule is CNC(Cc1ccn(C(C)C)n1)c1cccc(Br)c1F. The van der Waals surface area contributed by atoms with E-state index in [1.54, 1.807) is 12.1 Å². The van der Waals surface area contributed by atoms with E-state index in [1.807, 2.05) is 30.1 Å². The summed E-state index contributed by atoms with van der Waals surface area (Å²) in [4.78, 5) is 0. The lowest BCUT2D eigenvalue weighted by molar-refractivity contribution is 0.503. The van der Waals surface area contributed by atoms with Crippen molar-refractivity contribution < 1.29 is 4.39 Å². The van der Waals surface area contributed by atoms with Gasteiger partial charge >= 0.3 is 0 Å². The fourth-order valence-corrected chi connectivity index (χ4v) is 2.52. The Bertz CT molecular complexity index is 580.